The second kappa shape index (κ2) is 7.08. The molecule has 0 aliphatic carbocycles. The molecule has 0 atom stereocenters. The lowest BCUT2D eigenvalue weighted by Crippen LogP contribution is -2.39. The minimum Gasteiger partial charge on any atom is -0.326 e. The molecule has 0 fully saturated rings. The third-order valence-electron chi connectivity index (χ3n) is 3.09. The summed E-state index contributed by atoms with van der Waals surface area (Å²) in [7, 11) is 0. The van der Waals surface area contributed by atoms with E-state index in [1.165, 1.54) is 30.0 Å². The van der Waals surface area contributed by atoms with Gasteiger partial charge in [-0.05, 0) is 18.2 Å². The molecule has 0 spiro atoms. The number of hydrogen-bond acceptors (Lipinski definition) is 3. The monoisotopic (exact) mass is 344 g/mol. The van der Waals surface area contributed by atoms with E-state index in [1.807, 2.05) is 0 Å². The lowest BCUT2D eigenvalue weighted by molar-refractivity contribution is -0.139. The molecule has 0 aromatic heterocycles. The molecule has 0 radical (unpaired) electrons. The van der Waals surface area contributed by atoms with Crippen LogP contribution in [0.4, 0.5) is 18.9 Å². The summed E-state index contributed by atoms with van der Waals surface area (Å²) in [6, 6.07) is 4.52. The number of carbonyl (C=O) groups is 2. The summed E-state index contributed by atoms with van der Waals surface area (Å²) >= 11 is 1.46. The van der Waals surface area contributed by atoms with Crippen molar-refractivity contribution < 1.29 is 22.8 Å². The van der Waals surface area contributed by atoms with Gasteiger partial charge < -0.3 is 10.2 Å². The smallest absolute Gasteiger partial charge is 0.326 e. The van der Waals surface area contributed by atoms with Crippen LogP contribution in [0.25, 0.3) is 0 Å². The number of anilines is 1. The van der Waals surface area contributed by atoms with E-state index in [4.69, 9.17) is 0 Å². The average Bonchev–Trinajstić information content (AvgIpc) is 2.64. The summed E-state index contributed by atoms with van der Waals surface area (Å²) < 4.78 is 37.8. The standard InChI is InChI=1S/C15H15F3N2O2S/c1-2-6-20(9-15(16,17)18)14(22)10-3-4-12-11(8-10)19-13(21)5-7-23-12/h2-4,8H,1,5-7,9H2,(H,19,21). The number of amides is 2. The van der Waals surface area contributed by atoms with Gasteiger partial charge in [0.15, 0.2) is 0 Å². The number of rotatable bonds is 4. The molecule has 0 bridgehead atoms. The van der Waals surface area contributed by atoms with Crippen LogP contribution in [0.5, 0.6) is 0 Å². The molecule has 0 unspecified atom stereocenters. The number of halogens is 3. The van der Waals surface area contributed by atoms with E-state index in [0.29, 0.717) is 22.8 Å². The highest BCUT2D eigenvalue weighted by Crippen LogP contribution is 2.32. The van der Waals surface area contributed by atoms with Crippen molar-refractivity contribution >= 4 is 29.3 Å². The second-order valence-corrected chi connectivity index (χ2v) is 6.08. The van der Waals surface area contributed by atoms with Gasteiger partial charge in [0.05, 0.1) is 5.69 Å². The lowest BCUT2D eigenvalue weighted by atomic mass is 10.1. The normalized spacial score (nSPS) is 14.5. The Morgan fingerprint density at radius 3 is 2.83 bits per heavy atom. The van der Waals surface area contributed by atoms with Crippen molar-refractivity contribution in [2.75, 3.05) is 24.2 Å². The van der Waals surface area contributed by atoms with Crippen molar-refractivity contribution in [1.82, 2.24) is 4.90 Å². The highest BCUT2D eigenvalue weighted by molar-refractivity contribution is 7.99. The first kappa shape index (κ1) is 17.4. The summed E-state index contributed by atoms with van der Waals surface area (Å²) in [4.78, 5) is 25.4. The molecule has 4 nitrogen and oxygen atoms in total. The van der Waals surface area contributed by atoms with E-state index in [9.17, 15) is 22.8 Å². The van der Waals surface area contributed by atoms with Gasteiger partial charge in [-0.1, -0.05) is 6.08 Å². The topological polar surface area (TPSA) is 49.4 Å². The number of carbonyl (C=O) groups excluding carboxylic acids is 2. The van der Waals surface area contributed by atoms with Crippen molar-refractivity contribution in [2.45, 2.75) is 17.5 Å². The summed E-state index contributed by atoms with van der Waals surface area (Å²) in [5.74, 6) is -0.324. The zero-order valence-corrected chi connectivity index (χ0v) is 13.0. The minimum absolute atomic E-state index is 0.0950. The Balaban J connectivity index is 2.27. The fraction of sp³-hybridized carbons (Fsp3) is 0.333. The largest absolute Gasteiger partial charge is 0.406 e. The Kier molecular flexibility index (Phi) is 5.35. The van der Waals surface area contributed by atoms with Crippen LogP contribution in [-0.4, -0.2) is 41.7 Å². The van der Waals surface area contributed by atoms with Gasteiger partial charge in [0, 0.05) is 29.2 Å². The fourth-order valence-corrected chi connectivity index (χ4v) is 3.06. The van der Waals surface area contributed by atoms with Crippen molar-refractivity contribution in [1.29, 1.82) is 0 Å². The maximum absolute atomic E-state index is 12.6. The molecule has 0 saturated carbocycles. The van der Waals surface area contributed by atoms with Gasteiger partial charge in [0.2, 0.25) is 5.91 Å². The van der Waals surface area contributed by atoms with E-state index in [-0.39, 0.29) is 18.0 Å². The molecule has 2 rings (SSSR count). The minimum atomic E-state index is -4.49. The summed E-state index contributed by atoms with van der Waals surface area (Å²) in [5.41, 5.74) is 0.548. The zero-order chi connectivity index (χ0) is 17.0. The van der Waals surface area contributed by atoms with Gasteiger partial charge in [-0.2, -0.15) is 13.2 Å². The van der Waals surface area contributed by atoms with Crippen molar-refractivity contribution in [3.05, 3.63) is 36.4 Å². The number of benzene rings is 1. The number of hydrogen-bond donors (Lipinski definition) is 1. The maximum Gasteiger partial charge on any atom is 0.406 e. The number of nitrogens with one attached hydrogen (secondary N) is 1. The number of alkyl halides is 3. The SMILES string of the molecule is C=CCN(CC(F)(F)F)C(=O)c1ccc2c(c1)NC(=O)CCS2. The first-order chi connectivity index (χ1) is 10.8. The molecular formula is C15H15F3N2O2S. The molecule has 1 aliphatic heterocycles. The van der Waals surface area contributed by atoms with Crippen LogP contribution in [0, 0.1) is 0 Å². The third kappa shape index (κ3) is 4.75. The summed E-state index contributed by atoms with van der Waals surface area (Å²) in [6.45, 7) is 1.81. The first-order valence-corrected chi connectivity index (χ1v) is 7.82. The molecule has 1 N–H and O–H groups in total. The second-order valence-electron chi connectivity index (χ2n) is 4.95. The van der Waals surface area contributed by atoms with Gasteiger partial charge in [-0.3, -0.25) is 9.59 Å². The number of nitrogens with zero attached hydrogens (tertiary/aromatic N) is 1. The molecule has 0 saturated heterocycles. The Bertz CT molecular complexity index is 632. The molecule has 1 heterocycles. The predicted octanol–water partition coefficient (Wildman–Crippen LogP) is 3.31. The van der Waals surface area contributed by atoms with Crippen molar-refractivity contribution in [3.8, 4) is 0 Å². The quantitative estimate of drug-likeness (QED) is 0.853. The maximum atomic E-state index is 12.6. The molecule has 23 heavy (non-hydrogen) atoms. The average molecular weight is 344 g/mol. The van der Waals surface area contributed by atoms with E-state index in [2.05, 4.69) is 11.9 Å². The Morgan fingerprint density at radius 2 is 2.17 bits per heavy atom. The van der Waals surface area contributed by atoms with E-state index < -0.39 is 18.6 Å². The Hall–Kier alpha value is -1.96. The highest BCUT2D eigenvalue weighted by atomic mass is 32.2. The van der Waals surface area contributed by atoms with Crippen LogP contribution < -0.4 is 5.32 Å². The molecule has 8 heteroatoms. The third-order valence-corrected chi connectivity index (χ3v) is 4.17. The zero-order valence-electron chi connectivity index (χ0n) is 12.2. The van der Waals surface area contributed by atoms with Gasteiger partial charge in [-0.25, -0.2) is 0 Å². The Labute approximate surface area is 135 Å². The lowest BCUT2D eigenvalue weighted by Gasteiger charge is -2.23. The molecular weight excluding hydrogens is 329 g/mol. The number of thioether (sulfide) groups is 1. The van der Waals surface area contributed by atoms with Gasteiger partial charge in [-0.15, -0.1) is 18.3 Å². The fourth-order valence-electron chi connectivity index (χ4n) is 2.13. The van der Waals surface area contributed by atoms with Crippen LogP contribution in [0.2, 0.25) is 0 Å². The van der Waals surface area contributed by atoms with E-state index in [1.54, 1.807) is 6.07 Å². The van der Waals surface area contributed by atoms with Crippen LogP contribution in [0.1, 0.15) is 16.8 Å². The molecule has 1 aromatic rings. The molecule has 1 aromatic carbocycles. The van der Waals surface area contributed by atoms with Crippen LogP contribution in [0.15, 0.2) is 35.7 Å². The van der Waals surface area contributed by atoms with E-state index >= 15 is 0 Å². The molecule has 1 aliphatic rings. The van der Waals surface area contributed by atoms with Gasteiger partial charge in [0.25, 0.3) is 5.91 Å². The van der Waals surface area contributed by atoms with Gasteiger partial charge in [0.1, 0.15) is 6.54 Å². The first-order valence-electron chi connectivity index (χ1n) is 6.84. The van der Waals surface area contributed by atoms with Crippen molar-refractivity contribution in [3.63, 3.8) is 0 Å². The highest BCUT2D eigenvalue weighted by Gasteiger charge is 2.33. The van der Waals surface area contributed by atoms with Crippen LogP contribution in [0.3, 0.4) is 0 Å². The number of fused-ring (bicyclic) bond motifs is 1. The summed E-state index contributed by atoms with van der Waals surface area (Å²) in [5, 5.41) is 2.66. The van der Waals surface area contributed by atoms with Crippen molar-refractivity contribution in [2.24, 2.45) is 0 Å². The van der Waals surface area contributed by atoms with Crippen LogP contribution in [-0.2, 0) is 4.79 Å². The van der Waals surface area contributed by atoms with E-state index in [0.717, 1.165) is 4.90 Å². The predicted molar refractivity (Wildman–Crippen MR) is 82.6 cm³/mol. The van der Waals surface area contributed by atoms with Gasteiger partial charge >= 0.3 is 6.18 Å². The Morgan fingerprint density at radius 1 is 1.43 bits per heavy atom. The molecule has 2 amide bonds. The molecule has 124 valence electrons. The summed E-state index contributed by atoms with van der Waals surface area (Å²) in [6.07, 6.45) is -2.90. The van der Waals surface area contributed by atoms with Crippen LogP contribution >= 0.6 is 11.8 Å².